The summed E-state index contributed by atoms with van der Waals surface area (Å²) < 4.78 is 0. The van der Waals surface area contributed by atoms with Crippen LogP contribution in [0, 0.1) is 0 Å². The molecule has 9 heavy (non-hydrogen) atoms. The Hall–Kier alpha value is -1.31. The minimum absolute atomic E-state index is 0.150. The molecule has 2 heteroatoms. The smallest absolute Gasteiger partial charge is 0.220 e. The fraction of sp³-hybridized carbons (Fsp3) is 0. The SMILES string of the molecule is O=c1cc2cc-2cc1O. The first-order valence-electron chi connectivity index (χ1n) is 2.66. The quantitative estimate of drug-likeness (QED) is 0.556. The predicted octanol–water partition coefficient (Wildman–Crippen LogP) is 0.733. The normalized spacial score (nSPS) is 11.1. The molecule has 0 radical (unpaired) electrons. The van der Waals surface area contributed by atoms with E-state index in [4.69, 9.17) is 5.11 Å². The van der Waals surface area contributed by atoms with Crippen LogP contribution >= 0.6 is 0 Å². The molecule has 0 saturated heterocycles. The van der Waals surface area contributed by atoms with Crippen molar-refractivity contribution in [3.63, 3.8) is 0 Å². The summed E-state index contributed by atoms with van der Waals surface area (Å²) in [6.07, 6.45) is 0. The summed E-state index contributed by atoms with van der Waals surface area (Å²) >= 11 is 0. The van der Waals surface area contributed by atoms with Crippen molar-refractivity contribution in [2.45, 2.75) is 0 Å². The topological polar surface area (TPSA) is 37.3 Å². The Kier molecular flexibility index (Phi) is 0.585. The maximum Gasteiger partial charge on any atom is 0.220 e. The highest BCUT2D eigenvalue weighted by atomic mass is 16.3. The first-order chi connectivity index (χ1) is 4.27. The number of aromatic hydroxyl groups is 1. The molecule has 0 saturated carbocycles. The molecule has 0 spiro atoms. The van der Waals surface area contributed by atoms with Gasteiger partial charge in [-0.1, -0.05) is 0 Å². The van der Waals surface area contributed by atoms with Crippen LogP contribution in [0.5, 0.6) is 5.75 Å². The third kappa shape index (κ3) is 0.528. The molecule has 2 nitrogen and oxygen atoms in total. The average molecular weight is 120 g/mol. The lowest BCUT2D eigenvalue weighted by molar-refractivity contribution is 0.471. The van der Waals surface area contributed by atoms with E-state index in [1.165, 1.54) is 12.1 Å². The highest BCUT2D eigenvalue weighted by Crippen LogP contribution is 2.32. The first-order valence-corrected chi connectivity index (χ1v) is 2.66. The van der Waals surface area contributed by atoms with Crippen molar-refractivity contribution in [1.82, 2.24) is 0 Å². The van der Waals surface area contributed by atoms with Crippen LogP contribution in [0.4, 0.5) is 0 Å². The minimum Gasteiger partial charge on any atom is -0.504 e. The zero-order valence-electron chi connectivity index (χ0n) is 4.59. The lowest BCUT2D eigenvalue weighted by atomic mass is 10.3. The average Bonchev–Trinajstić information content (AvgIpc) is 2.46. The molecule has 0 heterocycles. The van der Waals surface area contributed by atoms with E-state index in [1.54, 1.807) is 0 Å². The van der Waals surface area contributed by atoms with Crippen molar-refractivity contribution >= 4 is 0 Å². The molecule has 2 aliphatic carbocycles. The molecule has 0 bridgehead atoms. The highest BCUT2D eigenvalue weighted by Gasteiger charge is 2.12. The van der Waals surface area contributed by atoms with E-state index in [2.05, 4.69) is 0 Å². The molecule has 0 unspecified atom stereocenters. The summed E-state index contributed by atoms with van der Waals surface area (Å²) in [6, 6.07) is 4.77. The van der Waals surface area contributed by atoms with Gasteiger partial charge in [0.05, 0.1) is 0 Å². The van der Waals surface area contributed by atoms with Gasteiger partial charge in [0.15, 0.2) is 5.75 Å². The van der Waals surface area contributed by atoms with Crippen LogP contribution in [-0.2, 0) is 0 Å². The highest BCUT2D eigenvalue weighted by molar-refractivity contribution is 5.80. The maximum atomic E-state index is 10.6. The summed E-state index contributed by atoms with van der Waals surface area (Å²) in [6.45, 7) is 0. The van der Waals surface area contributed by atoms with Crippen molar-refractivity contribution in [1.29, 1.82) is 0 Å². The Morgan fingerprint density at radius 2 is 1.78 bits per heavy atom. The second-order valence-electron chi connectivity index (χ2n) is 2.09. The molecule has 2 rings (SSSR count). The predicted molar refractivity (Wildman–Crippen MR) is 33.4 cm³/mol. The molecule has 0 aromatic heterocycles. The van der Waals surface area contributed by atoms with Gasteiger partial charge in [0.25, 0.3) is 0 Å². The number of benzene rings is 1. The van der Waals surface area contributed by atoms with Gasteiger partial charge in [-0.25, -0.2) is 0 Å². The lowest BCUT2D eigenvalue weighted by Gasteiger charge is -1.84. The molecule has 0 aromatic rings. The van der Waals surface area contributed by atoms with Gasteiger partial charge in [0.2, 0.25) is 5.43 Å². The molecule has 44 valence electrons. The lowest BCUT2D eigenvalue weighted by Crippen LogP contribution is -1.94. The van der Waals surface area contributed by atoms with Crippen LogP contribution in [0.3, 0.4) is 0 Å². The van der Waals surface area contributed by atoms with Crippen LogP contribution in [0.2, 0.25) is 0 Å². The summed E-state index contributed by atoms with van der Waals surface area (Å²) in [4.78, 5) is 10.6. The van der Waals surface area contributed by atoms with E-state index >= 15 is 0 Å². The fourth-order valence-corrected chi connectivity index (χ4v) is 0.815. The monoisotopic (exact) mass is 120 g/mol. The fourth-order valence-electron chi connectivity index (χ4n) is 0.815. The van der Waals surface area contributed by atoms with E-state index in [9.17, 15) is 4.79 Å². The molecular formula is C7H4O2. The third-order valence-electron chi connectivity index (χ3n) is 1.39. The summed E-state index contributed by atoms with van der Waals surface area (Å²) in [5.74, 6) is -0.150. The van der Waals surface area contributed by atoms with E-state index in [-0.39, 0.29) is 11.2 Å². The standard InChI is InChI=1S/C7H4O2/c8-6-2-4-1-5(4)3-7(6)9/h1-3H,(H,8,9). The van der Waals surface area contributed by atoms with Crippen molar-refractivity contribution in [3.8, 4) is 16.9 Å². The second kappa shape index (κ2) is 1.16. The number of rotatable bonds is 0. The van der Waals surface area contributed by atoms with Crippen LogP contribution in [0.1, 0.15) is 0 Å². The Morgan fingerprint density at radius 1 is 1.11 bits per heavy atom. The number of phenolic OH excluding ortho intramolecular Hbond substituents is 1. The molecule has 0 fully saturated rings. The van der Waals surface area contributed by atoms with Crippen molar-refractivity contribution in [2.24, 2.45) is 0 Å². The van der Waals surface area contributed by atoms with E-state index in [1.807, 2.05) is 6.07 Å². The first kappa shape index (κ1) is 4.56. The molecule has 0 aromatic carbocycles. The number of hydrogen-bond donors (Lipinski definition) is 1. The van der Waals surface area contributed by atoms with Gasteiger partial charge in [0.1, 0.15) is 0 Å². The van der Waals surface area contributed by atoms with Crippen LogP contribution in [0.15, 0.2) is 23.0 Å². The van der Waals surface area contributed by atoms with Crippen molar-refractivity contribution < 1.29 is 5.11 Å². The van der Waals surface area contributed by atoms with Gasteiger partial charge in [0, 0.05) is 0 Å². The Balaban J connectivity index is 2.85. The zero-order chi connectivity index (χ0) is 6.43. The molecular weight excluding hydrogens is 116 g/mol. The van der Waals surface area contributed by atoms with Crippen molar-refractivity contribution in [2.75, 3.05) is 0 Å². The van der Waals surface area contributed by atoms with Crippen LogP contribution in [0.25, 0.3) is 11.1 Å². The summed E-state index contributed by atoms with van der Waals surface area (Å²) in [5.41, 5.74) is 1.65. The van der Waals surface area contributed by atoms with Crippen LogP contribution < -0.4 is 5.43 Å². The van der Waals surface area contributed by atoms with E-state index < -0.39 is 0 Å². The molecule has 0 amide bonds. The summed E-state index contributed by atoms with van der Waals surface area (Å²) in [5, 5.41) is 8.80. The second-order valence-corrected chi connectivity index (χ2v) is 2.09. The molecule has 0 atom stereocenters. The Labute approximate surface area is 51.4 Å². The minimum atomic E-state index is -0.289. The van der Waals surface area contributed by atoms with Crippen molar-refractivity contribution in [3.05, 3.63) is 28.4 Å². The molecule has 2 aliphatic rings. The van der Waals surface area contributed by atoms with Crippen LogP contribution in [-0.4, -0.2) is 5.11 Å². The maximum absolute atomic E-state index is 10.6. The Morgan fingerprint density at radius 3 is 2.44 bits per heavy atom. The van der Waals surface area contributed by atoms with Gasteiger partial charge in [-0.15, -0.1) is 0 Å². The summed E-state index contributed by atoms with van der Waals surface area (Å²) in [7, 11) is 0. The molecule has 0 aliphatic heterocycles. The van der Waals surface area contributed by atoms with Gasteiger partial charge < -0.3 is 5.11 Å². The zero-order valence-corrected chi connectivity index (χ0v) is 4.59. The largest absolute Gasteiger partial charge is 0.504 e. The van der Waals surface area contributed by atoms with Gasteiger partial charge in [-0.05, 0) is 29.3 Å². The van der Waals surface area contributed by atoms with Gasteiger partial charge in [-0.3, -0.25) is 4.79 Å². The number of fused-ring (bicyclic) bond motifs is 1. The third-order valence-corrected chi connectivity index (χ3v) is 1.39. The van der Waals surface area contributed by atoms with E-state index in [0.717, 1.165) is 11.1 Å². The number of hydrogen-bond acceptors (Lipinski definition) is 2. The molecule has 1 N–H and O–H groups in total. The number of phenols is 1. The van der Waals surface area contributed by atoms with Gasteiger partial charge >= 0.3 is 0 Å². The van der Waals surface area contributed by atoms with Gasteiger partial charge in [-0.2, -0.15) is 0 Å². The van der Waals surface area contributed by atoms with E-state index in [0.29, 0.717) is 0 Å². The Bertz CT molecular complexity index is 328.